The number of likely N-dealkylation sites (N-methyl/N-ethyl adjacent to an activating group) is 1. The lowest BCUT2D eigenvalue weighted by atomic mass is 10.1. The number of ether oxygens (including phenoxy) is 2. The highest BCUT2D eigenvalue weighted by atomic mass is 35.5. The summed E-state index contributed by atoms with van der Waals surface area (Å²) in [5.41, 5.74) is 2.70. The van der Waals surface area contributed by atoms with Gasteiger partial charge < -0.3 is 14.4 Å². The number of carbonyl (C=O) groups excluding carboxylic acids is 1. The highest BCUT2D eigenvalue weighted by molar-refractivity contribution is 6.32. The number of aromatic nitrogens is 2. The maximum atomic E-state index is 12.5. The molecule has 6 nitrogen and oxygen atoms in total. The molecule has 1 amide bonds. The van der Waals surface area contributed by atoms with Gasteiger partial charge in [0.25, 0.3) is 0 Å². The van der Waals surface area contributed by atoms with Crippen molar-refractivity contribution >= 4 is 23.6 Å². The monoisotopic (exact) mass is 409 g/mol. The Kier molecular flexibility index (Phi) is 5.53. The van der Waals surface area contributed by atoms with E-state index in [0.717, 1.165) is 16.8 Å². The van der Waals surface area contributed by atoms with Crippen LogP contribution in [0.15, 0.2) is 60.9 Å². The van der Waals surface area contributed by atoms with E-state index < -0.39 is 0 Å². The molecule has 0 aliphatic carbocycles. The number of benzene rings is 2. The van der Waals surface area contributed by atoms with Crippen molar-refractivity contribution in [1.29, 1.82) is 0 Å². The van der Waals surface area contributed by atoms with E-state index in [2.05, 4.69) is 5.10 Å². The van der Waals surface area contributed by atoms with E-state index >= 15 is 0 Å². The van der Waals surface area contributed by atoms with Crippen molar-refractivity contribution in [2.45, 2.75) is 6.54 Å². The van der Waals surface area contributed by atoms with Gasteiger partial charge in [0.1, 0.15) is 13.2 Å². The third kappa shape index (κ3) is 4.43. The second-order valence-electron chi connectivity index (χ2n) is 6.68. The Morgan fingerprint density at radius 1 is 1.24 bits per heavy atom. The molecular formula is C22H20ClN3O3. The molecule has 1 aliphatic rings. The summed E-state index contributed by atoms with van der Waals surface area (Å²) in [6.45, 7) is 1.42. The molecule has 0 unspecified atom stereocenters. The zero-order valence-electron chi connectivity index (χ0n) is 15.9. The molecule has 2 aromatic carbocycles. The molecule has 0 radical (unpaired) electrons. The zero-order chi connectivity index (χ0) is 20.2. The molecule has 0 fully saturated rings. The predicted molar refractivity (Wildman–Crippen MR) is 112 cm³/mol. The molecule has 0 saturated carbocycles. The van der Waals surface area contributed by atoms with Crippen LogP contribution in [0, 0.1) is 0 Å². The Morgan fingerprint density at radius 2 is 2.03 bits per heavy atom. The molecule has 0 atom stereocenters. The molecule has 0 bridgehead atoms. The fraction of sp³-hybridized carbons (Fsp3) is 0.182. The van der Waals surface area contributed by atoms with Crippen LogP contribution >= 0.6 is 11.6 Å². The first-order valence-corrected chi connectivity index (χ1v) is 9.59. The number of para-hydroxylation sites is 1. The van der Waals surface area contributed by atoms with E-state index in [1.54, 1.807) is 35.0 Å². The number of carbonyl (C=O) groups is 1. The number of halogens is 1. The Bertz CT molecular complexity index is 1050. The Labute approximate surface area is 173 Å². The summed E-state index contributed by atoms with van der Waals surface area (Å²) in [6.07, 6.45) is 6.92. The third-order valence-electron chi connectivity index (χ3n) is 4.49. The second-order valence-corrected chi connectivity index (χ2v) is 7.09. The molecule has 0 spiro atoms. The van der Waals surface area contributed by atoms with Gasteiger partial charge in [-0.15, -0.1) is 0 Å². The second kappa shape index (κ2) is 8.41. The Balaban J connectivity index is 1.41. The van der Waals surface area contributed by atoms with Gasteiger partial charge in [0.15, 0.2) is 11.5 Å². The molecule has 1 aliphatic heterocycles. The van der Waals surface area contributed by atoms with Crippen LogP contribution in [0.5, 0.6) is 11.5 Å². The first kappa shape index (κ1) is 19.1. The van der Waals surface area contributed by atoms with Crippen LogP contribution in [-0.2, 0) is 11.3 Å². The van der Waals surface area contributed by atoms with Crippen molar-refractivity contribution in [3.8, 4) is 17.2 Å². The van der Waals surface area contributed by atoms with Gasteiger partial charge in [-0.2, -0.15) is 5.10 Å². The van der Waals surface area contributed by atoms with Crippen LogP contribution < -0.4 is 9.47 Å². The van der Waals surface area contributed by atoms with Crippen molar-refractivity contribution < 1.29 is 14.3 Å². The minimum Gasteiger partial charge on any atom is -0.486 e. The number of rotatable bonds is 5. The summed E-state index contributed by atoms with van der Waals surface area (Å²) < 4.78 is 12.9. The molecule has 1 aromatic heterocycles. The van der Waals surface area contributed by atoms with E-state index in [9.17, 15) is 4.79 Å². The molecule has 0 N–H and O–H groups in total. The first-order chi connectivity index (χ1) is 14.1. The SMILES string of the molecule is CN(Cc1cnn(-c2ccccc2)c1)C(=O)/C=C/c1cc(Cl)c2c(c1)OCCO2. The van der Waals surface area contributed by atoms with Crippen molar-refractivity contribution in [2.75, 3.05) is 20.3 Å². The van der Waals surface area contributed by atoms with E-state index in [0.29, 0.717) is 36.3 Å². The molecule has 7 heteroatoms. The van der Waals surface area contributed by atoms with E-state index in [4.69, 9.17) is 21.1 Å². The summed E-state index contributed by atoms with van der Waals surface area (Å²) in [5, 5.41) is 4.83. The lowest BCUT2D eigenvalue weighted by molar-refractivity contribution is -0.125. The van der Waals surface area contributed by atoms with Gasteiger partial charge in [-0.05, 0) is 35.9 Å². The quantitative estimate of drug-likeness (QED) is 0.598. The Morgan fingerprint density at radius 3 is 2.86 bits per heavy atom. The average Bonchev–Trinajstić information content (AvgIpc) is 3.21. The van der Waals surface area contributed by atoms with E-state index in [1.807, 2.05) is 42.6 Å². The largest absolute Gasteiger partial charge is 0.486 e. The molecular weight excluding hydrogens is 390 g/mol. The number of amides is 1. The third-order valence-corrected chi connectivity index (χ3v) is 4.77. The first-order valence-electron chi connectivity index (χ1n) is 9.21. The lowest BCUT2D eigenvalue weighted by Crippen LogP contribution is -2.23. The van der Waals surface area contributed by atoms with E-state index in [1.165, 1.54) is 6.08 Å². The topological polar surface area (TPSA) is 56.6 Å². The average molecular weight is 410 g/mol. The van der Waals surface area contributed by atoms with Gasteiger partial charge in [-0.1, -0.05) is 29.8 Å². The maximum absolute atomic E-state index is 12.5. The summed E-state index contributed by atoms with van der Waals surface area (Å²) in [6, 6.07) is 13.4. The summed E-state index contributed by atoms with van der Waals surface area (Å²) in [5.74, 6) is 1.02. The summed E-state index contributed by atoms with van der Waals surface area (Å²) in [7, 11) is 1.75. The van der Waals surface area contributed by atoms with Crippen LogP contribution in [0.4, 0.5) is 0 Å². The van der Waals surface area contributed by atoms with Crippen LogP contribution in [0.2, 0.25) is 5.02 Å². The van der Waals surface area contributed by atoms with Gasteiger partial charge in [0, 0.05) is 31.4 Å². The normalized spacial score (nSPS) is 12.9. The van der Waals surface area contributed by atoms with Gasteiger partial charge in [-0.3, -0.25) is 4.79 Å². The van der Waals surface area contributed by atoms with Crippen molar-refractivity contribution in [2.24, 2.45) is 0 Å². The van der Waals surface area contributed by atoms with Crippen LogP contribution in [0.3, 0.4) is 0 Å². The standard InChI is InChI=1S/C22H20ClN3O3/c1-25(14-17-13-24-26(15-17)18-5-3-2-4-6-18)21(27)8-7-16-11-19(23)22-20(12-16)28-9-10-29-22/h2-8,11-13,15H,9-10,14H2,1H3/b8-7+. The van der Waals surface area contributed by atoms with Crippen LogP contribution in [0.25, 0.3) is 11.8 Å². The van der Waals surface area contributed by atoms with Crippen LogP contribution in [0.1, 0.15) is 11.1 Å². The molecule has 0 saturated heterocycles. The Hall–Kier alpha value is -3.25. The van der Waals surface area contributed by atoms with Gasteiger partial charge in [0.2, 0.25) is 5.91 Å². The number of hydrogen-bond donors (Lipinski definition) is 0. The van der Waals surface area contributed by atoms with Crippen LogP contribution in [-0.4, -0.2) is 40.8 Å². The fourth-order valence-corrected chi connectivity index (χ4v) is 3.31. The predicted octanol–water partition coefficient (Wildman–Crippen LogP) is 3.97. The van der Waals surface area contributed by atoms with E-state index in [-0.39, 0.29) is 5.91 Å². The molecule has 4 rings (SSSR count). The molecule has 148 valence electrons. The molecule has 29 heavy (non-hydrogen) atoms. The van der Waals surface area contributed by atoms with Crippen molar-refractivity contribution in [3.63, 3.8) is 0 Å². The van der Waals surface area contributed by atoms with Gasteiger partial charge >= 0.3 is 0 Å². The molecule has 2 heterocycles. The smallest absolute Gasteiger partial charge is 0.246 e. The minimum absolute atomic E-state index is 0.122. The zero-order valence-corrected chi connectivity index (χ0v) is 16.7. The fourth-order valence-electron chi connectivity index (χ4n) is 3.04. The highest BCUT2D eigenvalue weighted by Crippen LogP contribution is 2.38. The highest BCUT2D eigenvalue weighted by Gasteiger charge is 2.16. The van der Waals surface area contributed by atoms with Gasteiger partial charge in [0.05, 0.1) is 16.9 Å². The maximum Gasteiger partial charge on any atom is 0.246 e. The number of hydrogen-bond acceptors (Lipinski definition) is 4. The number of fused-ring (bicyclic) bond motifs is 1. The van der Waals surface area contributed by atoms with Crippen molar-refractivity contribution in [3.05, 3.63) is 77.1 Å². The number of nitrogens with zero attached hydrogens (tertiary/aromatic N) is 3. The van der Waals surface area contributed by atoms with Gasteiger partial charge in [-0.25, -0.2) is 4.68 Å². The summed E-state index contributed by atoms with van der Waals surface area (Å²) in [4.78, 5) is 14.1. The molecule has 3 aromatic rings. The summed E-state index contributed by atoms with van der Waals surface area (Å²) >= 11 is 6.24. The lowest BCUT2D eigenvalue weighted by Gasteiger charge is -2.19. The van der Waals surface area contributed by atoms with Crippen molar-refractivity contribution in [1.82, 2.24) is 14.7 Å². The minimum atomic E-state index is -0.122.